The van der Waals surface area contributed by atoms with Gasteiger partial charge in [-0.15, -0.1) is 0 Å². The molecule has 0 saturated carbocycles. The molecule has 1 fully saturated rings. The van der Waals surface area contributed by atoms with Gasteiger partial charge in [0.05, 0.1) is 11.6 Å². The Hall–Kier alpha value is -1.40. The van der Waals surface area contributed by atoms with Crippen molar-refractivity contribution in [2.75, 3.05) is 6.54 Å². The molecular weight excluding hydrogens is 215 g/mol. The van der Waals surface area contributed by atoms with Crippen molar-refractivity contribution in [2.24, 2.45) is 5.92 Å². The zero-order chi connectivity index (χ0) is 12.4. The van der Waals surface area contributed by atoms with Crippen LogP contribution in [-0.2, 0) is 6.54 Å². The third-order valence-corrected chi connectivity index (χ3v) is 3.47. The largest absolute Gasteiger partial charge is 0.296 e. The number of benzene rings is 1. The van der Waals surface area contributed by atoms with Gasteiger partial charge in [-0.1, -0.05) is 6.92 Å². The quantitative estimate of drug-likeness (QED) is 0.784. The van der Waals surface area contributed by atoms with E-state index in [0.29, 0.717) is 24.1 Å². The first-order chi connectivity index (χ1) is 8.10. The first-order valence-electron chi connectivity index (χ1n) is 6.02. The summed E-state index contributed by atoms with van der Waals surface area (Å²) in [6.45, 7) is 6.12. The third kappa shape index (κ3) is 2.65. The SMILES string of the molecule is CC1CC(C)N(Cc2cc(F)ccc2C#N)C1. The Bertz CT molecular complexity index is 450. The smallest absolute Gasteiger partial charge is 0.123 e. The summed E-state index contributed by atoms with van der Waals surface area (Å²) in [5.41, 5.74) is 1.38. The highest BCUT2D eigenvalue weighted by Gasteiger charge is 2.26. The lowest BCUT2D eigenvalue weighted by atomic mass is 10.1. The molecule has 0 radical (unpaired) electrons. The molecule has 1 aliphatic heterocycles. The van der Waals surface area contributed by atoms with Crippen molar-refractivity contribution in [3.05, 3.63) is 35.1 Å². The van der Waals surface area contributed by atoms with Gasteiger partial charge in [0.15, 0.2) is 0 Å². The molecule has 0 amide bonds. The molecule has 1 heterocycles. The van der Waals surface area contributed by atoms with Gasteiger partial charge in [0.25, 0.3) is 0 Å². The molecule has 0 bridgehead atoms. The van der Waals surface area contributed by atoms with Crippen LogP contribution in [0.4, 0.5) is 4.39 Å². The fourth-order valence-corrected chi connectivity index (χ4v) is 2.63. The van der Waals surface area contributed by atoms with Crippen LogP contribution in [0, 0.1) is 23.1 Å². The van der Waals surface area contributed by atoms with Crippen molar-refractivity contribution >= 4 is 0 Å². The number of hydrogen-bond acceptors (Lipinski definition) is 2. The summed E-state index contributed by atoms with van der Waals surface area (Å²) < 4.78 is 13.2. The van der Waals surface area contributed by atoms with Gasteiger partial charge >= 0.3 is 0 Å². The number of nitriles is 1. The van der Waals surface area contributed by atoms with Gasteiger partial charge < -0.3 is 0 Å². The minimum absolute atomic E-state index is 0.265. The van der Waals surface area contributed by atoms with Crippen LogP contribution in [0.15, 0.2) is 18.2 Å². The Morgan fingerprint density at radius 2 is 2.24 bits per heavy atom. The summed E-state index contributed by atoms with van der Waals surface area (Å²) in [4.78, 5) is 2.32. The summed E-state index contributed by atoms with van der Waals surface area (Å²) in [5.74, 6) is 0.419. The number of rotatable bonds is 2. The van der Waals surface area contributed by atoms with E-state index in [1.807, 2.05) is 0 Å². The Morgan fingerprint density at radius 3 is 2.82 bits per heavy atom. The predicted octanol–water partition coefficient (Wildman–Crippen LogP) is 2.93. The number of nitrogens with zero attached hydrogens (tertiary/aromatic N) is 2. The zero-order valence-corrected chi connectivity index (χ0v) is 10.3. The van der Waals surface area contributed by atoms with Crippen LogP contribution in [-0.4, -0.2) is 17.5 Å². The van der Waals surface area contributed by atoms with Crippen LogP contribution < -0.4 is 0 Å². The van der Waals surface area contributed by atoms with Gasteiger partial charge in [0.2, 0.25) is 0 Å². The number of hydrogen-bond donors (Lipinski definition) is 0. The minimum atomic E-state index is -0.265. The van der Waals surface area contributed by atoms with Gasteiger partial charge in [0, 0.05) is 19.1 Å². The Morgan fingerprint density at radius 1 is 1.47 bits per heavy atom. The maximum atomic E-state index is 13.2. The fraction of sp³-hybridized carbons (Fsp3) is 0.500. The molecule has 0 aliphatic carbocycles. The van der Waals surface area contributed by atoms with Crippen molar-refractivity contribution in [1.82, 2.24) is 4.90 Å². The number of likely N-dealkylation sites (tertiary alicyclic amines) is 1. The molecule has 90 valence electrons. The van der Waals surface area contributed by atoms with Crippen molar-refractivity contribution in [1.29, 1.82) is 5.26 Å². The number of halogens is 1. The van der Waals surface area contributed by atoms with Gasteiger partial charge in [-0.25, -0.2) is 4.39 Å². The van der Waals surface area contributed by atoms with E-state index < -0.39 is 0 Å². The van der Waals surface area contributed by atoms with E-state index in [-0.39, 0.29) is 5.82 Å². The Balaban J connectivity index is 2.18. The van der Waals surface area contributed by atoms with Crippen LogP contribution in [0.2, 0.25) is 0 Å². The van der Waals surface area contributed by atoms with Crippen LogP contribution in [0.1, 0.15) is 31.4 Å². The minimum Gasteiger partial charge on any atom is -0.296 e. The lowest BCUT2D eigenvalue weighted by molar-refractivity contribution is 0.256. The molecule has 2 rings (SSSR count). The second-order valence-electron chi connectivity index (χ2n) is 5.03. The van der Waals surface area contributed by atoms with Crippen molar-refractivity contribution < 1.29 is 4.39 Å². The first kappa shape index (κ1) is 12.1. The molecule has 17 heavy (non-hydrogen) atoms. The van der Waals surface area contributed by atoms with E-state index >= 15 is 0 Å². The Labute approximate surface area is 102 Å². The average molecular weight is 232 g/mol. The molecule has 1 aromatic rings. The topological polar surface area (TPSA) is 27.0 Å². The van der Waals surface area contributed by atoms with E-state index in [9.17, 15) is 4.39 Å². The second-order valence-corrected chi connectivity index (χ2v) is 5.03. The van der Waals surface area contributed by atoms with Gasteiger partial charge in [-0.05, 0) is 43.0 Å². The lowest BCUT2D eigenvalue weighted by Crippen LogP contribution is -2.27. The zero-order valence-electron chi connectivity index (χ0n) is 10.3. The van der Waals surface area contributed by atoms with Crippen LogP contribution in [0.5, 0.6) is 0 Å². The van der Waals surface area contributed by atoms with Crippen molar-refractivity contribution in [3.8, 4) is 6.07 Å². The average Bonchev–Trinajstić information content (AvgIpc) is 2.58. The highest BCUT2D eigenvalue weighted by molar-refractivity contribution is 5.37. The fourth-order valence-electron chi connectivity index (χ4n) is 2.63. The molecule has 2 atom stereocenters. The van der Waals surface area contributed by atoms with Crippen LogP contribution in [0.25, 0.3) is 0 Å². The summed E-state index contributed by atoms with van der Waals surface area (Å²) in [6.07, 6.45) is 1.18. The van der Waals surface area contributed by atoms with E-state index in [1.54, 1.807) is 6.07 Å². The molecule has 0 aromatic heterocycles. The van der Waals surface area contributed by atoms with Crippen LogP contribution >= 0.6 is 0 Å². The summed E-state index contributed by atoms with van der Waals surface area (Å²) in [7, 11) is 0. The monoisotopic (exact) mass is 232 g/mol. The summed E-state index contributed by atoms with van der Waals surface area (Å²) in [5, 5.41) is 9.01. The highest BCUT2D eigenvalue weighted by Crippen LogP contribution is 2.25. The predicted molar refractivity (Wildman–Crippen MR) is 64.8 cm³/mol. The molecule has 2 nitrogen and oxygen atoms in total. The Kier molecular flexibility index (Phi) is 3.44. The lowest BCUT2D eigenvalue weighted by Gasteiger charge is -2.21. The normalized spacial score (nSPS) is 24.8. The maximum Gasteiger partial charge on any atom is 0.123 e. The molecule has 3 heteroatoms. The standard InChI is InChI=1S/C14H17FN2/c1-10-5-11(2)17(8-10)9-13-6-14(15)4-3-12(13)7-16/h3-4,6,10-11H,5,8-9H2,1-2H3. The van der Waals surface area contributed by atoms with Gasteiger partial charge in [0.1, 0.15) is 5.82 Å². The molecule has 2 unspecified atom stereocenters. The van der Waals surface area contributed by atoms with Gasteiger partial charge in [-0.3, -0.25) is 4.90 Å². The molecule has 0 N–H and O–H groups in total. The van der Waals surface area contributed by atoms with E-state index in [2.05, 4.69) is 24.8 Å². The molecule has 1 saturated heterocycles. The van der Waals surface area contributed by atoms with Crippen LogP contribution in [0.3, 0.4) is 0 Å². The molecule has 1 aliphatic rings. The maximum absolute atomic E-state index is 13.2. The van der Waals surface area contributed by atoms with Gasteiger partial charge in [-0.2, -0.15) is 5.26 Å². The third-order valence-electron chi connectivity index (χ3n) is 3.47. The first-order valence-corrected chi connectivity index (χ1v) is 6.02. The second kappa shape index (κ2) is 4.85. The van der Waals surface area contributed by atoms with Crippen molar-refractivity contribution in [3.63, 3.8) is 0 Å². The molecule has 1 aromatic carbocycles. The van der Waals surface area contributed by atoms with Crippen molar-refractivity contribution in [2.45, 2.75) is 32.9 Å². The van der Waals surface area contributed by atoms with E-state index in [0.717, 1.165) is 12.1 Å². The molecule has 0 spiro atoms. The summed E-state index contributed by atoms with van der Waals surface area (Å²) in [6, 6.07) is 7.03. The molecular formula is C14H17FN2. The summed E-state index contributed by atoms with van der Waals surface area (Å²) >= 11 is 0. The highest BCUT2D eigenvalue weighted by atomic mass is 19.1. The van der Waals surface area contributed by atoms with E-state index in [1.165, 1.54) is 18.6 Å². The van der Waals surface area contributed by atoms with E-state index in [4.69, 9.17) is 5.26 Å².